The average Bonchev–Trinajstić information content (AvgIpc) is 2.27. The Hall–Kier alpha value is -0.480. The molecular weight excluding hydrogens is 168 g/mol. The van der Waals surface area contributed by atoms with E-state index >= 15 is 0 Å². The molecule has 0 bridgehead atoms. The Labute approximate surface area is 71.1 Å². The van der Waals surface area contributed by atoms with E-state index in [0.717, 1.165) is 19.5 Å². The normalized spacial score (nSPS) is 34.7. The van der Waals surface area contributed by atoms with E-state index in [2.05, 4.69) is 10.6 Å². The van der Waals surface area contributed by atoms with Crippen molar-refractivity contribution in [3.05, 3.63) is 0 Å². The first-order chi connectivity index (χ1) is 4.86. The van der Waals surface area contributed by atoms with Gasteiger partial charge in [-0.2, -0.15) is 0 Å². The molecule has 0 aromatic rings. The molecular formula is C6H11ClN2O2. The maximum absolute atomic E-state index is 10.6. The highest BCUT2D eigenvalue weighted by molar-refractivity contribution is 5.85. The van der Waals surface area contributed by atoms with E-state index in [0.29, 0.717) is 0 Å². The van der Waals surface area contributed by atoms with Gasteiger partial charge in [-0.1, -0.05) is 0 Å². The third-order valence-electron chi connectivity index (χ3n) is 1.99. The van der Waals surface area contributed by atoms with Crippen LogP contribution in [0.15, 0.2) is 0 Å². The molecule has 0 aromatic heterocycles. The highest BCUT2D eigenvalue weighted by atomic mass is 35.5. The number of rotatable bonds is 0. The van der Waals surface area contributed by atoms with Crippen LogP contribution in [0.4, 0.5) is 4.79 Å². The molecule has 0 aromatic carbocycles. The van der Waals surface area contributed by atoms with Crippen LogP contribution in [0.5, 0.6) is 0 Å². The number of amides is 1. The highest BCUT2D eigenvalue weighted by Gasteiger charge is 2.35. The highest BCUT2D eigenvalue weighted by Crippen LogP contribution is 2.13. The number of halogens is 1. The second kappa shape index (κ2) is 3.28. The molecule has 4 nitrogen and oxygen atoms in total. The Morgan fingerprint density at radius 2 is 2.36 bits per heavy atom. The molecule has 2 N–H and O–H groups in total. The fraction of sp³-hybridized carbons (Fsp3) is 0.833. The average molecular weight is 179 g/mol. The standard InChI is InChI=1S/C6H10N2O2.ClH/c9-6-8-4-1-2-7-3-5(4)10-6;/h4-5,7H,1-3H2,(H,8,9);1H/t4-,5+;/m0./s1. The Morgan fingerprint density at radius 1 is 1.55 bits per heavy atom. The Balaban J connectivity index is 0.000000605. The summed E-state index contributed by atoms with van der Waals surface area (Å²) in [6.45, 7) is 1.77. The van der Waals surface area contributed by atoms with Crippen molar-refractivity contribution >= 4 is 18.5 Å². The van der Waals surface area contributed by atoms with Crippen LogP contribution in [0, 0.1) is 0 Å². The number of carbonyl (C=O) groups is 1. The lowest BCUT2D eigenvalue weighted by Gasteiger charge is -2.22. The maximum atomic E-state index is 10.6. The predicted octanol–water partition coefficient (Wildman–Crippen LogP) is -0.122. The largest absolute Gasteiger partial charge is 0.443 e. The van der Waals surface area contributed by atoms with E-state index in [1.807, 2.05) is 0 Å². The van der Waals surface area contributed by atoms with Crippen molar-refractivity contribution in [1.82, 2.24) is 10.6 Å². The quantitative estimate of drug-likeness (QED) is 0.544. The van der Waals surface area contributed by atoms with Crippen LogP contribution in [0.3, 0.4) is 0 Å². The van der Waals surface area contributed by atoms with Crippen molar-refractivity contribution in [2.75, 3.05) is 13.1 Å². The summed E-state index contributed by atoms with van der Waals surface area (Å²) < 4.78 is 4.95. The predicted molar refractivity (Wildman–Crippen MR) is 41.9 cm³/mol. The third-order valence-corrected chi connectivity index (χ3v) is 1.99. The molecule has 64 valence electrons. The number of nitrogens with one attached hydrogen (secondary N) is 2. The lowest BCUT2D eigenvalue weighted by Crippen LogP contribution is -2.45. The molecule has 0 aliphatic carbocycles. The lowest BCUT2D eigenvalue weighted by molar-refractivity contribution is 0.121. The number of hydrogen-bond donors (Lipinski definition) is 2. The monoisotopic (exact) mass is 178 g/mol. The molecule has 2 aliphatic rings. The van der Waals surface area contributed by atoms with Gasteiger partial charge in [-0.25, -0.2) is 4.79 Å². The van der Waals surface area contributed by atoms with Gasteiger partial charge in [0.1, 0.15) is 6.10 Å². The summed E-state index contributed by atoms with van der Waals surface area (Å²) in [5.41, 5.74) is 0. The number of alkyl carbamates (subject to hydrolysis) is 1. The zero-order chi connectivity index (χ0) is 6.97. The van der Waals surface area contributed by atoms with Crippen molar-refractivity contribution in [3.63, 3.8) is 0 Å². The minimum atomic E-state index is -0.265. The van der Waals surface area contributed by atoms with Crippen LogP contribution < -0.4 is 10.6 Å². The molecule has 0 spiro atoms. The topological polar surface area (TPSA) is 50.4 Å². The smallest absolute Gasteiger partial charge is 0.407 e. The molecule has 0 radical (unpaired) electrons. The summed E-state index contributed by atoms with van der Waals surface area (Å²) in [6, 6.07) is 0.258. The van der Waals surface area contributed by atoms with E-state index in [-0.39, 0.29) is 30.6 Å². The molecule has 5 heteroatoms. The van der Waals surface area contributed by atoms with Crippen LogP contribution in [-0.2, 0) is 4.74 Å². The number of carbonyl (C=O) groups excluding carboxylic acids is 1. The molecule has 11 heavy (non-hydrogen) atoms. The van der Waals surface area contributed by atoms with Crippen molar-refractivity contribution in [3.8, 4) is 0 Å². The van der Waals surface area contributed by atoms with Crippen LogP contribution in [0.25, 0.3) is 0 Å². The van der Waals surface area contributed by atoms with Gasteiger partial charge < -0.3 is 15.4 Å². The van der Waals surface area contributed by atoms with Crippen LogP contribution in [0.2, 0.25) is 0 Å². The summed E-state index contributed by atoms with van der Waals surface area (Å²) in [5.74, 6) is 0. The second-order valence-electron chi connectivity index (χ2n) is 2.69. The third kappa shape index (κ3) is 1.57. The fourth-order valence-electron chi connectivity index (χ4n) is 1.44. The summed E-state index contributed by atoms with van der Waals surface area (Å²) in [6.07, 6.45) is 0.788. The summed E-state index contributed by atoms with van der Waals surface area (Å²) in [5, 5.41) is 5.91. The first-order valence-corrected chi connectivity index (χ1v) is 3.54. The number of hydrogen-bond acceptors (Lipinski definition) is 3. The molecule has 2 heterocycles. The molecule has 1 amide bonds. The van der Waals surface area contributed by atoms with E-state index in [1.165, 1.54) is 0 Å². The molecule has 0 saturated carbocycles. The van der Waals surface area contributed by atoms with Crippen molar-refractivity contribution in [1.29, 1.82) is 0 Å². The number of piperidine rings is 1. The van der Waals surface area contributed by atoms with Gasteiger partial charge in [0.2, 0.25) is 0 Å². The fourth-order valence-corrected chi connectivity index (χ4v) is 1.44. The van der Waals surface area contributed by atoms with E-state index in [9.17, 15) is 4.79 Å². The van der Waals surface area contributed by atoms with Gasteiger partial charge >= 0.3 is 6.09 Å². The molecule has 2 fully saturated rings. The van der Waals surface area contributed by atoms with Crippen molar-refractivity contribution in [2.45, 2.75) is 18.6 Å². The van der Waals surface area contributed by atoms with Crippen LogP contribution in [-0.4, -0.2) is 31.3 Å². The first-order valence-electron chi connectivity index (χ1n) is 3.54. The van der Waals surface area contributed by atoms with Gasteiger partial charge in [0.25, 0.3) is 0 Å². The van der Waals surface area contributed by atoms with Crippen molar-refractivity contribution < 1.29 is 9.53 Å². The Morgan fingerprint density at radius 3 is 3.09 bits per heavy atom. The number of fused-ring (bicyclic) bond motifs is 1. The summed E-state index contributed by atoms with van der Waals surface area (Å²) in [7, 11) is 0. The van der Waals surface area contributed by atoms with Crippen LogP contribution >= 0.6 is 12.4 Å². The Kier molecular flexibility index (Phi) is 2.57. The zero-order valence-electron chi connectivity index (χ0n) is 6.00. The molecule has 2 saturated heterocycles. The number of ether oxygens (including phenoxy) is 1. The molecule has 2 atom stereocenters. The zero-order valence-corrected chi connectivity index (χ0v) is 6.82. The van der Waals surface area contributed by atoms with Gasteiger partial charge in [0.05, 0.1) is 6.04 Å². The molecule has 2 rings (SSSR count). The SMILES string of the molecule is Cl.O=C1N[C@H]2CCNC[C@H]2O1. The summed E-state index contributed by atoms with van der Waals surface area (Å²) in [4.78, 5) is 10.6. The van der Waals surface area contributed by atoms with E-state index in [1.54, 1.807) is 0 Å². The second-order valence-corrected chi connectivity index (χ2v) is 2.69. The minimum absolute atomic E-state index is 0. The minimum Gasteiger partial charge on any atom is -0.443 e. The van der Waals surface area contributed by atoms with Gasteiger partial charge in [-0.05, 0) is 13.0 Å². The van der Waals surface area contributed by atoms with E-state index < -0.39 is 0 Å². The van der Waals surface area contributed by atoms with Gasteiger partial charge in [-0.3, -0.25) is 0 Å². The van der Waals surface area contributed by atoms with Gasteiger partial charge in [0, 0.05) is 6.54 Å². The summed E-state index contributed by atoms with van der Waals surface area (Å²) >= 11 is 0. The van der Waals surface area contributed by atoms with Gasteiger partial charge in [0.15, 0.2) is 0 Å². The first kappa shape index (κ1) is 8.62. The lowest BCUT2D eigenvalue weighted by atomic mass is 10.1. The van der Waals surface area contributed by atoms with Crippen molar-refractivity contribution in [2.24, 2.45) is 0 Å². The van der Waals surface area contributed by atoms with E-state index in [4.69, 9.17) is 4.74 Å². The molecule has 2 aliphatic heterocycles. The van der Waals surface area contributed by atoms with Gasteiger partial charge in [-0.15, -0.1) is 12.4 Å². The van der Waals surface area contributed by atoms with Crippen LogP contribution in [0.1, 0.15) is 6.42 Å². The Bertz CT molecular complexity index is 149. The molecule has 0 unspecified atom stereocenters. The maximum Gasteiger partial charge on any atom is 0.407 e.